The summed E-state index contributed by atoms with van der Waals surface area (Å²) >= 11 is 0. The summed E-state index contributed by atoms with van der Waals surface area (Å²) in [4.78, 5) is 11.7. The molecule has 0 aromatic carbocycles. The molecular weight excluding hydrogens is 378 g/mol. The van der Waals surface area contributed by atoms with Crippen molar-refractivity contribution in [2.24, 2.45) is 4.99 Å². The van der Waals surface area contributed by atoms with Crippen LogP contribution in [-0.4, -0.2) is 56.4 Å². The molecule has 7 nitrogen and oxygen atoms in total. The number of aryl methyl sites for hydroxylation is 1. The Bertz CT molecular complexity index is 737. The number of hydrogen-bond donors (Lipinski definition) is 2. The summed E-state index contributed by atoms with van der Waals surface area (Å²) in [7, 11) is 0. The van der Waals surface area contributed by atoms with Gasteiger partial charge in [-0.15, -0.1) is 0 Å². The van der Waals surface area contributed by atoms with Crippen molar-refractivity contribution in [3.8, 4) is 0 Å². The molecular formula is C23H35N5O2. The van der Waals surface area contributed by atoms with Crippen molar-refractivity contribution in [1.29, 1.82) is 0 Å². The highest BCUT2D eigenvalue weighted by Gasteiger charge is 2.21. The Morgan fingerprint density at radius 2 is 2.17 bits per heavy atom. The summed E-state index contributed by atoms with van der Waals surface area (Å²) in [5.41, 5.74) is 1.20. The third kappa shape index (κ3) is 7.37. The fourth-order valence-electron chi connectivity index (χ4n) is 3.51. The van der Waals surface area contributed by atoms with Crippen molar-refractivity contribution in [1.82, 2.24) is 15.6 Å². The van der Waals surface area contributed by atoms with Crippen LogP contribution in [0.25, 0.3) is 0 Å². The van der Waals surface area contributed by atoms with Gasteiger partial charge in [0.25, 0.3) is 0 Å². The zero-order valence-corrected chi connectivity index (χ0v) is 18.3. The van der Waals surface area contributed by atoms with Crippen LogP contribution in [0.1, 0.15) is 37.5 Å². The maximum absolute atomic E-state index is 5.42. The van der Waals surface area contributed by atoms with E-state index < -0.39 is 0 Å². The first-order valence-corrected chi connectivity index (χ1v) is 11.1. The smallest absolute Gasteiger partial charge is 0.191 e. The Balaban J connectivity index is 1.47. The van der Waals surface area contributed by atoms with E-state index in [1.165, 1.54) is 5.56 Å². The van der Waals surface area contributed by atoms with Crippen LogP contribution in [-0.2, 0) is 11.2 Å². The minimum atomic E-state index is 0.411. The summed E-state index contributed by atoms with van der Waals surface area (Å²) in [5, 5.41) is 7.09. The quantitative estimate of drug-likeness (QED) is 0.354. The number of nitrogens with one attached hydrogen (secondary N) is 2. The van der Waals surface area contributed by atoms with E-state index in [1.54, 1.807) is 6.26 Å². The number of piperidine rings is 1. The molecule has 2 N–H and O–H groups in total. The van der Waals surface area contributed by atoms with Gasteiger partial charge in [0.2, 0.25) is 0 Å². The number of hydrogen-bond acceptors (Lipinski definition) is 5. The predicted octanol–water partition coefficient (Wildman–Crippen LogP) is 3.16. The van der Waals surface area contributed by atoms with Gasteiger partial charge in [0.15, 0.2) is 5.96 Å². The van der Waals surface area contributed by atoms with Crippen LogP contribution in [0.4, 0.5) is 5.82 Å². The second-order valence-electron chi connectivity index (χ2n) is 7.64. The molecule has 0 spiro atoms. The molecule has 0 amide bonds. The summed E-state index contributed by atoms with van der Waals surface area (Å²) in [5.74, 6) is 2.93. The summed E-state index contributed by atoms with van der Waals surface area (Å²) in [6, 6.07) is 8.58. The van der Waals surface area contributed by atoms with Crippen molar-refractivity contribution < 1.29 is 9.15 Å². The van der Waals surface area contributed by atoms with Crippen LogP contribution >= 0.6 is 0 Å². The molecule has 1 saturated heterocycles. The van der Waals surface area contributed by atoms with Gasteiger partial charge in [-0.1, -0.05) is 6.07 Å². The van der Waals surface area contributed by atoms with Crippen molar-refractivity contribution in [2.45, 2.75) is 45.6 Å². The van der Waals surface area contributed by atoms with E-state index in [0.29, 0.717) is 6.04 Å². The highest BCUT2D eigenvalue weighted by Crippen LogP contribution is 2.18. The standard InChI is InChI=1S/C23H35N5O2/c1-3-29-16-5-12-24-23(25-13-9-21-6-4-17-30-21)27-20-10-14-28(15-11-20)22-8-7-19(2)18-26-22/h4,6-8,17-18,20H,3,5,9-16H2,1-2H3,(H2,24,25,27). The van der Waals surface area contributed by atoms with Crippen LogP contribution in [0.5, 0.6) is 0 Å². The summed E-state index contributed by atoms with van der Waals surface area (Å²) in [6.45, 7) is 9.13. The molecule has 7 heteroatoms. The van der Waals surface area contributed by atoms with Crippen LogP contribution in [0.2, 0.25) is 0 Å². The first-order chi connectivity index (χ1) is 14.7. The second kappa shape index (κ2) is 12.2. The van der Waals surface area contributed by atoms with Gasteiger partial charge >= 0.3 is 0 Å². The molecule has 1 aliphatic heterocycles. The normalized spacial score (nSPS) is 15.4. The molecule has 0 unspecified atom stereocenters. The molecule has 30 heavy (non-hydrogen) atoms. The molecule has 2 aromatic heterocycles. The van der Waals surface area contributed by atoms with Gasteiger partial charge in [-0.2, -0.15) is 0 Å². The SMILES string of the molecule is CCOCCCN=C(NCCc1ccco1)NC1CCN(c2ccc(C)cn2)CC1. The third-order valence-electron chi connectivity index (χ3n) is 5.22. The molecule has 2 aromatic rings. The maximum atomic E-state index is 5.42. The number of nitrogens with zero attached hydrogens (tertiary/aromatic N) is 3. The van der Waals surface area contributed by atoms with Crippen molar-refractivity contribution in [2.75, 3.05) is 44.3 Å². The molecule has 164 valence electrons. The molecule has 1 fully saturated rings. The van der Waals surface area contributed by atoms with Crippen LogP contribution in [0.3, 0.4) is 0 Å². The third-order valence-corrected chi connectivity index (χ3v) is 5.22. The van der Waals surface area contributed by atoms with Crippen molar-refractivity contribution in [3.05, 3.63) is 48.0 Å². The Labute approximate surface area is 179 Å². The monoisotopic (exact) mass is 413 g/mol. The number of rotatable bonds is 10. The lowest BCUT2D eigenvalue weighted by Gasteiger charge is -2.34. The lowest BCUT2D eigenvalue weighted by Crippen LogP contribution is -2.49. The van der Waals surface area contributed by atoms with E-state index in [1.807, 2.05) is 25.3 Å². The highest BCUT2D eigenvalue weighted by molar-refractivity contribution is 5.80. The Hall–Kier alpha value is -2.54. The van der Waals surface area contributed by atoms with Gasteiger partial charge in [-0.25, -0.2) is 4.98 Å². The Morgan fingerprint density at radius 3 is 2.87 bits per heavy atom. The fraction of sp³-hybridized carbons (Fsp3) is 0.565. The topological polar surface area (TPSA) is 74.9 Å². The van der Waals surface area contributed by atoms with E-state index in [2.05, 4.69) is 39.6 Å². The second-order valence-corrected chi connectivity index (χ2v) is 7.64. The Kier molecular flexibility index (Phi) is 9.03. The average molecular weight is 414 g/mol. The van der Waals surface area contributed by atoms with Crippen molar-refractivity contribution >= 4 is 11.8 Å². The maximum Gasteiger partial charge on any atom is 0.191 e. The van der Waals surface area contributed by atoms with E-state index in [-0.39, 0.29) is 0 Å². The van der Waals surface area contributed by atoms with E-state index in [9.17, 15) is 0 Å². The largest absolute Gasteiger partial charge is 0.469 e. The molecule has 0 atom stereocenters. The highest BCUT2D eigenvalue weighted by atomic mass is 16.5. The van der Waals surface area contributed by atoms with Crippen LogP contribution < -0.4 is 15.5 Å². The number of guanidine groups is 1. The van der Waals surface area contributed by atoms with Gasteiger partial charge in [0.1, 0.15) is 11.6 Å². The zero-order valence-electron chi connectivity index (χ0n) is 18.3. The van der Waals surface area contributed by atoms with Gasteiger partial charge in [-0.05, 0) is 56.9 Å². The fourth-order valence-corrected chi connectivity index (χ4v) is 3.51. The number of pyridine rings is 1. The Morgan fingerprint density at radius 1 is 1.30 bits per heavy atom. The van der Waals surface area contributed by atoms with E-state index in [4.69, 9.17) is 14.1 Å². The van der Waals surface area contributed by atoms with Crippen LogP contribution in [0.15, 0.2) is 46.1 Å². The molecule has 0 bridgehead atoms. The summed E-state index contributed by atoms with van der Waals surface area (Å²) in [6.07, 6.45) is 7.55. The number of anilines is 1. The molecule has 0 radical (unpaired) electrons. The van der Waals surface area contributed by atoms with E-state index in [0.717, 1.165) is 82.6 Å². The minimum Gasteiger partial charge on any atom is -0.469 e. The van der Waals surface area contributed by atoms with E-state index >= 15 is 0 Å². The number of furan rings is 1. The number of aromatic nitrogens is 1. The summed E-state index contributed by atoms with van der Waals surface area (Å²) < 4.78 is 10.8. The van der Waals surface area contributed by atoms with Gasteiger partial charge in [0, 0.05) is 58.1 Å². The predicted molar refractivity (Wildman–Crippen MR) is 121 cm³/mol. The lowest BCUT2D eigenvalue weighted by atomic mass is 10.1. The van der Waals surface area contributed by atoms with Gasteiger partial charge < -0.3 is 24.7 Å². The first-order valence-electron chi connectivity index (χ1n) is 11.1. The van der Waals surface area contributed by atoms with Gasteiger partial charge in [0.05, 0.1) is 6.26 Å². The number of aliphatic imine (C=N–C) groups is 1. The average Bonchev–Trinajstić information content (AvgIpc) is 3.28. The molecule has 1 aliphatic rings. The molecule has 0 saturated carbocycles. The van der Waals surface area contributed by atoms with Crippen molar-refractivity contribution in [3.63, 3.8) is 0 Å². The molecule has 3 rings (SSSR count). The molecule has 0 aliphatic carbocycles. The first kappa shape index (κ1) is 22.2. The molecule has 3 heterocycles. The van der Waals surface area contributed by atoms with Crippen LogP contribution in [0, 0.1) is 6.92 Å². The minimum absolute atomic E-state index is 0.411. The zero-order chi connectivity index (χ0) is 21.0. The van der Waals surface area contributed by atoms with Gasteiger partial charge in [-0.3, -0.25) is 4.99 Å². The lowest BCUT2D eigenvalue weighted by molar-refractivity contribution is 0.146. The number of ether oxygens (including phenoxy) is 1.